The van der Waals surface area contributed by atoms with E-state index in [0.717, 1.165) is 5.69 Å². The molecule has 6 heteroatoms. The lowest BCUT2D eigenvalue weighted by Crippen LogP contribution is -2.09. The lowest BCUT2D eigenvalue weighted by atomic mass is 10.2. The molecular formula is C11H13N3O2S. The number of carbonyl (C=O) groups excluding carboxylic acids is 1. The van der Waals surface area contributed by atoms with Gasteiger partial charge in [-0.1, -0.05) is 18.2 Å². The van der Waals surface area contributed by atoms with E-state index in [4.69, 9.17) is 0 Å². The van der Waals surface area contributed by atoms with Crippen molar-refractivity contribution in [2.24, 2.45) is 0 Å². The highest BCUT2D eigenvalue weighted by Crippen LogP contribution is 2.14. The van der Waals surface area contributed by atoms with Gasteiger partial charge in [0.1, 0.15) is 0 Å². The van der Waals surface area contributed by atoms with E-state index in [1.54, 1.807) is 16.0 Å². The molecule has 0 aliphatic rings. The summed E-state index contributed by atoms with van der Waals surface area (Å²) in [6.07, 6.45) is 0.697. The van der Waals surface area contributed by atoms with Crippen LogP contribution in [0.15, 0.2) is 17.5 Å². The molecule has 0 amide bonds. The van der Waals surface area contributed by atoms with E-state index in [9.17, 15) is 4.79 Å². The Hall–Kier alpha value is -1.69. The molecule has 2 aromatic heterocycles. The van der Waals surface area contributed by atoms with Gasteiger partial charge in [-0.15, -0.1) is 16.4 Å². The highest BCUT2D eigenvalue weighted by molar-refractivity contribution is 7.09. The average molecular weight is 251 g/mol. The minimum Gasteiger partial charge on any atom is -0.464 e. The summed E-state index contributed by atoms with van der Waals surface area (Å²) < 4.78 is 6.42. The zero-order valence-electron chi connectivity index (χ0n) is 9.71. The summed E-state index contributed by atoms with van der Waals surface area (Å²) in [5.41, 5.74) is 1.12. The van der Waals surface area contributed by atoms with E-state index in [1.807, 2.05) is 24.4 Å². The lowest BCUT2D eigenvalue weighted by Gasteiger charge is -2.03. The fourth-order valence-corrected chi connectivity index (χ4v) is 2.30. The Morgan fingerprint density at radius 1 is 1.59 bits per heavy atom. The van der Waals surface area contributed by atoms with E-state index < -0.39 is 5.97 Å². The Morgan fingerprint density at radius 2 is 2.41 bits per heavy atom. The Kier molecular flexibility index (Phi) is 3.53. The molecule has 0 atom stereocenters. The van der Waals surface area contributed by atoms with Crippen LogP contribution in [0.5, 0.6) is 0 Å². The molecule has 0 radical (unpaired) electrons. The minimum absolute atomic E-state index is 0.312. The number of aromatic nitrogens is 3. The third kappa shape index (κ3) is 2.36. The second kappa shape index (κ2) is 5.09. The van der Waals surface area contributed by atoms with Gasteiger partial charge in [0.25, 0.3) is 0 Å². The van der Waals surface area contributed by atoms with E-state index in [2.05, 4.69) is 15.0 Å². The van der Waals surface area contributed by atoms with Crippen LogP contribution < -0.4 is 0 Å². The number of hydrogen-bond donors (Lipinski definition) is 0. The van der Waals surface area contributed by atoms with E-state index in [0.29, 0.717) is 18.7 Å². The van der Waals surface area contributed by atoms with Crippen LogP contribution in [0.2, 0.25) is 0 Å². The Balaban J connectivity index is 2.29. The molecule has 2 heterocycles. The van der Waals surface area contributed by atoms with Crippen molar-refractivity contribution in [2.45, 2.75) is 19.9 Å². The predicted octanol–water partition coefficient (Wildman–Crippen LogP) is 1.74. The molecule has 90 valence electrons. The largest absolute Gasteiger partial charge is 0.464 e. The molecule has 2 rings (SSSR count). The van der Waals surface area contributed by atoms with Gasteiger partial charge in [-0.3, -0.25) is 0 Å². The Bertz CT molecular complexity index is 505. The molecule has 0 unspecified atom stereocenters. The third-order valence-corrected chi connectivity index (χ3v) is 3.30. The molecule has 0 saturated carbocycles. The van der Waals surface area contributed by atoms with Crippen molar-refractivity contribution in [3.8, 4) is 0 Å². The Morgan fingerprint density at radius 3 is 3.00 bits per heavy atom. The molecule has 0 fully saturated rings. The monoisotopic (exact) mass is 251 g/mol. The normalized spacial score (nSPS) is 10.5. The lowest BCUT2D eigenvalue weighted by molar-refractivity contribution is 0.0592. The quantitative estimate of drug-likeness (QED) is 0.777. The standard InChI is InChI=1S/C11H13N3O2S/c1-3-9-10(11(15)16-2)12-13-14(9)7-8-5-4-6-17-8/h4-6H,3,7H2,1-2H3. The van der Waals surface area contributed by atoms with Crippen LogP contribution >= 0.6 is 11.3 Å². The summed E-state index contributed by atoms with van der Waals surface area (Å²) in [7, 11) is 1.35. The molecule has 0 bridgehead atoms. The van der Waals surface area contributed by atoms with Crippen molar-refractivity contribution in [1.82, 2.24) is 15.0 Å². The molecule has 0 saturated heterocycles. The molecule has 0 aromatic carbocycles. The van der Waals surface area contributed by atoms with E-state index in [-0.39, 0.29) is 0 Å². The van der Waals surface area contributed by atoms with Crippen molar-refractivity contribution in [3.05, 3.63) is 33.8 Å². The maximum Gasteiger partial charge on any atom is 0.360 e. The maximum atomic E-state index is 11.5. The average Bonchev–Trinajstić information content (AvgIpc) is 2.97. The van der Waals surface area contributed by atoms with Gasteiger partial charge in [-0.2, -0.15) is 0 Å². The first-order valence-electron chi connectivity index (χ1n) is 5.29. The number of hydrogen-bond acceptors (Lipinski definition) is 5. The highest BCUT2D eigenvalue weighted by Gasteiger charge is 2.18. The number of ether oxygens (including phenoxy) is 1. The third-order valence-electron chi connectivity index (χ3n) is 2.44. The van der Waals surface area contributed by atoms with Gasteiger partial charge in [0.2, 0.25) is 0 Å². The molecule has 2 aromatic rings. The molecule has 0 aliphatic heterocycles. The number of thiophene rings is 1. The van der Waals surface area contributed by atoms with Crippen molar-refractivity contribution in [1.29, 1.82) is 0 Å². The summed E-state index contributed by atoms with van der Waals surface area (Å²) in [5, 5.41) is 9.90. The predicted molar refractivity (Wildman–Crippen MR) is 64.2 cm³/mol. The number of rotatable bonds is 4. The summed E-state index contributed by atoms with van der Waals surface area (Å²) in [5.74, 6) is -0.431. The van der Waals surface area contributed by atoms with Crippen LogP contribution in [0.3, 0.4) is 0 Å². The van der Waals surface area contributed by atoms with Crippen molar-refractivity contribution in [2.75, 3.05) is 7.11 Å². The molecule has 5 nitrogen and oxygen atoms in total. The zero-order valence-corrected chi connectivity index (χ0v) is 10.5. The summed E-state index contributed by atoms with van der Waals surface area (Å²) in [4.78, 5) is 12.7. The first kappa shape index (κ1) is 11.8. The van der Waals surface area contributed by atoms with Gasteiger partial charge in [0.15, 0.2) is 5.69 Å². The number of methoxy groups -OCH3 is 1. The number of nitrogens with zero attached hydrogens (tertiary/aromatic N) is 3. The number of carbonyl (C=O) groups is 1. The van der Waals surface area contributed by atoms with E-state index >= 15 is 0 Å². The van der Waals surface area contributed by atoms with Crippen LogP contribution in [0.1, 0.15) is 28.0 Å². The van der Waals surface area contributed by atoms with Gasteiger partial charge in [-0.25, -0.2) is 9.48 Å². The van der Waals surface area contributed by atoms with Crippen molar-refractivity contribution >= 4 is 17.3 Å². The van der Waals surface area contributed by atoms with Crippen LogP contribution in [0, 0.1) is 0 Å². The van der Waals surface area contributed by atoms with Gasteiger partial charge in [-0.05, 0) is 17.9 Å². The van der Waals surface area contributed by atoms with Crippen molar-refractivity contribution < 1.29 is 9.53 Å². The first-order chi connectivity index (χ1) is 8.26. The molecule has 0 aliphatic carbocycles. The fraction of sp³-hybridized carbons (Fsp3) is 0.364. The SMILES string of the molecule is CCc1c(C(=O)OC)nnn1Cc1cccs1. The summed E-state index contributed by atoms with van der Waals surface area (Å²) in [6, 6.07) is 4.02. The fourth-order valence-electron chi connectivity index (χ4n) is 1.62. The molecule has 0 spiro atoms. The van der Waals surface area contributed by atoms with E-state index in [1.165, 1.54) is 12.0 Å². The van der Waals surface area contributed by atoms with Crippen LogP contribution in [-0.4, -0.2) is 28.1 Å². The topological polar surface area (TPSA) is 57.0 Å². The summed E-state index contributed by atoms with van der Waals surface area (Å²) in [6.45, 7) is 2.61. The summed E-state index contributed by atoms with van der Waals surface area (Å²) >= 11 is 1.66. The van der Waals surface area contributed by atoms with Crippen molar-refractivity contribution in [3.63, 3.8) is 0 Å². The van der Waals surface area contributed by atoms with Gasteiger partial charge in [0.05, 0.1) is 19.3 Å². The zero-order chi connectivity index (χ0) is 12.3. The van der Waals surface area contributed by atoms with Gasteiger partial charge < -0.3 is 4.74 Å². The van der Waals surface area contributed by atoms with Crippen LogP contribution in [-0.2, 0) is 17.7 Å². The second-order valence-electron chi connectivity index (χ2n) is 3.47. The number of esters is 1. The highest BCUT2D eigenvalue weighted by atomic mass is 32.1. The van der Waals surface area contributed by atoms with Gasteiger partial charge >= 0.3 is 5.97 Å². The molecule has 0 N–H and O–H groups in total. The minimum atomic E-state index is -0.431. The maximum absolute atomic E-state index is 11.5. The Labute approximate surface area is 103 Å². The molecule has 17 heavy (non-hydrogen) atoms. The van der Waals surface area contributed by atoms with Gasteiger partial charge in [0, 0.05) is 4.88 Å². The second-order valence-corrected chi connectivity index (χ2v) is 4.50. The molecular weight excluding hydrogens is 238 g/mol. The van der Waals surface area contributed by atoms with Crippen LogP contribution in [0.4, 0.5) is 0 Å². The smallest absolute Gasteiger partial charge is 0.360 e. The van der Waals surface area contributed by atoms with Crippen LogP contribution in [0.25, 0.3) is 0 Å². The first-order valence-corrected chi connectivity index (χ1v) is 6.17.